The first kappa shape index (κ1) is 21.0. The molecule has 0 N–H and O–H groups in total. The second-order valence-electron chi connectivity index (χ2n) is 8.48. The number of hydrogen-bond donors (Lipinski definition) is 0. The number of fused-ring (bicyclic) bond motifs is 3. The number of carbonyl (C=O) groups is 1. The lowest BCUT2D eigenvalue weighted by Crippen LogP contribution is -2.33. The fourth-order valence-electron chi connectivity index (χ4n) is 4.65. The third-order valence-corrected chi connectivity index (χ3v) is 6.38. The maximum Gasteiger partial charge on any atom is 0.254 e. The molecule has 3 heteroatoms. The number of hydrogen-bond acceptors (Lipinski definition) is 2. The molecule has 0 radical (unpaired) electrons. The first-order valence-corrected chi connectivity index (χ1v) is 11.4. The second-order valence-corrected chi connectivity index (χ2v) is 8.48. The molecule has 0 bridgehead atoms. The topological polar surface area (TPSA) is 29.5 Å². The maximum atomic E-state index is 13.9. The van der Waals surface area contributed by atoms with Crippen molar-refractivity contribution in [2.45, 2.75) is 19.4 Å². The minimum absolute atomic E-state index is 0.0842. The molecule has 0 spiro atoms. The van der Waals surface area contributed by atoms with Crippen LogP contribution in [0, 0.1) is 0 Å². The van der Waals surface area contributed by atoms with Gasteiger partial charge in [0.15, 0.2) is 0 Å². The smallest absolute Gasteiger partial charge is 0.254 e. The molecule has 0 heterocycles. The Balaban J connectivity index is 1.45. The quantitative estimate of drug-likeness (QED) is 0.308. The van der Waals surface area contributed by atoms with Crippen LogP contribution in [0.4, 0.5) is 0 Å². The average Bonchev–Trinajstić information content (AvgIpc) is 3.26. The Morgan fingerprint density at radius 2 is 1.52 bits per heavy atom. The summed E-state index contributed by atoms with van der Waals surface area (Å²) >= 11 is 0. The molecule has 164 valence electrons. The van der Waals surface area contributed by atoms with Crippen LogP contribution in [0.3, 0.4) is 0 Å². The van der Waals surface area contributed by atoms with Gasteiger partial charge in [-0.05, 0) is 64.4 Å². The molecule has 0 unspecified atom stereocenters. The van der Waals surface area contributed by atoms with Crippen LogP contribution < -0.4 is 4.74 Å². The van der Waals surface area contributed by atoms with E-state index in [-0.39, 0.29) is 5.91 Å². The van der Waals surface area contributed by atoms with Crippen molar-refractivity contribution in [3.63, 3.8) is 0 Å². The number of methoxy groups -OCH3 is 1. The second kappa shape index (κ2) is 9.33. The summed E-state index contributed by atoms with van der Waals surface area (Å²) in [6, 6.07) is 32.9. The van der Waals surface area contributed by atoms with Crippen LogP contribution in [0.1, 0.15) is 32.6 Å². The molecule has 0 saturated carbocycles. The SMILES string of the molecule is COc1ccc(CCN(Cc2ccccc2)C(=O)c2cccc3c2-c2ccccc2C3)cc1. The molecule has 1 aliphatic carbocycles. The normalized spacial score (nSPS) is 11.5. The highest BCUT2D eigenvalue weighted by atomic mass is 16.5. The first-order chi connectivity index (χ1) is 16.2. The highest BCUT2D eigenvalue weighted by Crippen LogP contribution is 2.39. The molecule has 0 aromatic heterocycles. The van der Waals surface area contributed by atoms with Gasteiger partial charge < -0.3 is 9.64 Å². The van der Waals surface area contributed by atoms with Crippen LogP contribution in [0.25, 0.3) is 11.1 Å². The van der Waals surface area contributed by atoms with Gasteiger partial charge in [-0.15, -0.1) is 0 Å². The Kier molecular flexibility index (Phi) is 5.95. The van der Waals surface area contributed by atoms with Gasteiger partial charge in [0.1, 0.15) is 5.75 Å². The summed E-state index contributed by atoms with van der Waals surface area (Å²) < 4.78 is 5.28. The largest absolute Gasteiger partial charge is 0.497 e. The molecule has 0 aliphatic heterocycles. The zero-order chi connectivity index (χ0) is 22.6. The van der Waals surface area contributed by atoms with Gasteiger partial charge in [0.2, 0.25) is 0 Å². The number of carbonyl (C=O) groups excluding carboxylic acids is 1. The van der Waals surface area contributed by atoms with Gasteiger partial charge in [0.05, 0.1) is 7.11 Å². The third kappa shape index (κ3) is 4.40. The molecule has 1 aliphatic rings. The van der Waals surface area contributed by atoms with E-state index in [0.717, 1.165) is 35.3 Å². The van der Waals surface area contributed by atoms with E-state index < -0.39 is 0 Å². The zero-order valence-corrected chi connectivity index (χ0v) is 18.8. The highest BCUT2D eigenvalue weighted by Gasteiger charge is 2.26. The summed E-state index contributed by atoms with van der Waals surface area (Å²) in [5.41, 5.74) is 7.92. The van der Waals surface area contributed by atoms with E-state index in [0.29, 0.717) is 13.1 Å². The molecule has 4 aromatic carbocycles. The van der Waals surface area contributed by atoms with Gasteiger partial charge in [-0.25, -0.2) is 0 Å². The van der Waals surface area contributed by atoms with Gasteiger partial charge in [0, 0.05) is 18.7 Å². The number of rotatable bonds is 7. The van der Waals surface area contributed by atoms with Crippen molar-refractivity contribution < 1.29 is 9.53 Å². The van der Waals surface area contributed by atoms with Crippen LogP contribution in [0.15, 0.2) is 97.1 Å². The van der Waals surface area contributed by atoms with E-state index in [9.17, 15) is 4.79 Å². The molecular formula is C30H27NO2. The number of nitrogens with zero attached hydrogens (tertiary/aromatic N) is 1. The van der Waals surface area contributed by atoms with Crippen LogP contribution >= 0.6 is 0 Å². The molecule has 0 fully saturated rings. The van der Waals surface area contributed by atoms with Crippen LogP contribution in [0.2, 0.25) is 0 Å². The molecular weight excluding hydrogens is 406 g/mol. The minimum atomic E-state index is 0.0842. The Bertz CT molecular complexity index is 1260. The molecule has 1 amide bonds. The van der Waals surface area contributed by atoms with Crippen molar-refractivity contribution in [2.75, 3.05) is 13.7 Å². The molecule has 4 aromatic rings. The summed E-state index contributed by atoms with van der Waals surface area (Å²) in [7, 11) is 1.67. The summed E-state index contributed by atoms with van der Waals surface area (Å²) in [4.78, 5) is 15.9. The van der Waals surface area contributed by atoms with E-state index >= 15 is 0 Å². The van der Waals surface area contributed by atoms with Crippen LogP contribution in [-0.4, -0.2) is 24.5 Å². The van der Waals surface area contributed by atoms with Crippen molar-refractivity contribution >= 4 is 5.91 Å². The predicted molar refractivity (Wildman–Crippen MR) is 133 cm³/mol. The average molecular weight is 434 g/mol. The Morgan fingerprint density at radius 1 is 0.788 bits per heavy atom. The summed E-state index contributed by atoms with van der Waals surface area (Å²) in [6.07, 6.45) is 1.67. The van der Waals surface area contributed by atoms with Crippen LogP contribution in [0.5, 0.6) is 5.75 Å². The van der Waals surface area contributed by atoms with E-state index in [4.69, 9.17) is 4.74 Å². The van der Waals surface area contributed by atoms with Crippen LogP contribution in [-0.2, 0) is 19.4 Å². The van der Waals surface area contributed by atoms with E-state index in [1.54, 1.807) is 7.11 Å². The van der Waals surface area contributed by atoms with Crippen molar-refractivity contribution in [3.05, 3.63) is 125 Å². The standard InChI is InChI=1S/C30H27NO2/c1-33-26-16-14-22(15-17-26)18-19-31(21-23-8-3-2-4-9-23)30(32)28-13-7-11-25-20-24-10-5-6-12-27(24)29(25)28/h2-17H,18-21H2,1H3. The number of benzene rings is 4. The molecule has 3 nitrogen and oxygen atoms in total. The Hall–Kier alpha value is -3.85. The Labute approximate surface area is 195 Å². The first-order valence-electron chi connectivity index (χ1n) is 11.4. The van der Waals surface area contributed by atoms with Crippen molar-refractivity contribution in [3.8, 4) is 16.9 Å². The molecule has 0 atom stereocenters. The minimum Gasteiger partial charge on any atom is -0.497 e. The number of ether oxygens (including phenoxy) is 1. The summed E-state index contributed by atoms with van der Waals surface area (Å²) in [5.74, 6) is 0.926. The lowest BCUT2D eigenvalue weighted by atomic mass is 9.98. The maximum absolute atomic E-state index is 13.9. The number of amides is 1. The summed E-state index contributed by atoms with van der Waals surface area (Å²) in [6.45, 7) is 1.23. The lowest BCUT2D eigenvalue weighted by Gasteiger charge is -2.24. The fourth-order valence-corrected chi connectivity index (χ4v) is 4.65. The molecule has 33 heavy (non-hydrogen) atoms. The van der Waals surface area contributed by atoms with E-state index in [1.807, 2.05) is 47.4 Å². The van der Waals surface area contributed by atoms with E-state index in [2.05, 4.69) is 54.6 Å². The Morgan fingerprint density at radius 3 is 2.30 bits per heavy atom. The van der Waals surface area contributed by atoms with Gasteiger partial charge in [0.25, 0.3) is 5.91 Å². The third-order valence-electron chi connectivity index (χ3n) is 6.38. The van der Waals surface area contributed by atoms with Gasteiger partial charge in [-0.2, -0.15) is 0 Å². The lowest BCUT2D eigenvalue weighted by molar-refractivity contribution is 0.0746. The predicted octanol–water partition coefficient (Wildman–Crippen LogP) is 6.15. The van der Waals surface area contributed by atoms with Gasteiger partial charge in [-0.3, -0.25) is 4.79 Å². The fraction of sp³-hybridized carbons (Fsp3) is 0.167. The van der Waals surface area contributed by atoms with E-state index in [1.165, 1.54) is 22.3 Å². The van der Waals surface area contributed by atoms with Gasteiger partial charge >= 0.3 is 0 Å². The van der Waals surface area contributed by atoms with Crippen molar-refractivity contribution in [1.29, 1.82) is 0 Å². The van der Waals surface area contributed by atoms with Crippen molar-refractivity contribution in [1.82, 2.24) is 4.90 Å². The van der Waals surface area contributed by atoms with Crippen molar-refractivity contribution in [2.24, 2.45) is 0 Å². The molecule has 5 rings (SSSR count). The highest BCUT2D eigenvalue weighted by molar-refractivity contribution is 6.03. The van der Waals surface area contributed by atoms with Gasteiger partial charge in [-0.1, -0.05) is 78.9 Å². The molecule has 0 saturated heterocycles. The summed E-state index contributed by atoms with van der Waals surface area (Å²) in [5, 5.41) is 0. The monoisotopic (exact) mass is 433 g/mol. The zero-order valence-electron chi connectivity index (χ0n) is 18.8.